The molecule has 0 saturated heterocycles. The van der Waals surface area contributed by atoms with Crippen LogP contribution in [0, 0.1) is 17.0 Å². The van der Waals surface area contributed by atoms with Crippen LogP contribution in [0.15, 0.2) is 18.2 Å². The van der Waals surface area contributed by atoms with E-state index in [2.05, 4.69) is 5.10 Å². The molecular formula is C13H11Cl2N3O4. The molecule has 0 N–H and O–H groups in total. The fourth-order valence-electron chi connectivity index (χ4n) is 1.95. The zero-order valence-corrected chi connectivity index (χ0v) is 13.2. The van der Waals surface area contributed by atoms with Crippen molar-refractivity contribution in [3.63, 3.8) is 0 Å². The van der Waals surface area contributed by atoms with E-state index < -0.39 is 4.92 Å². The number of Topliss-reactive ketones (excluding diaryl/α,β-unsaturated/α-hetero) is 1. The number of ether oxygens (including phenoxy) is 1. The van der Waals surface area contributed by atoms with Crippen molar-refractivity contribution in [2.24, 2.45) is 0 Å². The first-order chi connectivity index (χ1) is 10.3. The minimum Gasteiger partial charge on any atom is -0.475 e. The first-order valence-electron chi connectivity index (χ1n) is 6.09. The van der Waals surface area contributed by atoms with Crippen LogP contribution in [0.1, 0.15) is 16.1 Å². The van der Waals surface area contributed by atoms with Gasteiger partial charge in [-0.25, -0.2) is 0 Å². The van der Waals surface area contributed by atoms with Crippen molar-refractivity contribution in [1.29, 1.82) is 0 Å². The van der Waals surface area contributed by atoms with E-state index in [4.69, 9.17) is 27.9 Å². The molecule has 0 radical (unpaired) electrons. The molecule has 7 nitrogen and oxygen atoms in total. The number of methoxy groups -OCH3 is 1. The summed E-state index contributed by atoms with van der Waals surface area (Å²) in [6.07, 6.45) is 0. The van der Waals surface area contributed by atoms with Gasteiger partial charge in [-0.05, 0) is 25.1 Å². The van der Waals surface area contributed by atoms with E-state index in [-0.39, 0.29) is 40.2 Å². The molecule has 2 rings (SSSR count). The molecule has 0 unspecified atom stereocenters. The van der Waals surface area contributed by atoms with Gasteiger partial charge in [0, 0.05) is 10.6 Å². The third-order valence-corrected chi connectivity index (χ3v) is 3.59. The van der Waals surface area contributed by atoms with Gasteiger partial charge in [0.1, 0.15) is 12.2 Å². The van der Waals surface area contributed by atoms with Crippen molar-refractivity contribution in [2.45, 2.75) is 13.5 Å². The molecule has 0 aliphatic heterocycles. The minimum absolute atomic E-state index is 0.141. The highest BCUT2D eigenvalue weighted by molar-refractivity contribution is 6.36. The second-order valence-corrected chi connectivity index (χ2v) is 5.25. The molecule has 116 valence electrons. The Balaban J connectivity index is 2.34. The third-order valence-electron chi connectivity index (χ3n) is 3.04. The van der Waals surface area contributed by atoms with E-state index in [9.17, 15) is 14.9 Å². The molecule has 2 aromatic rings. The molecule has 0 atom stereocenters. The first-order valence-corrected chi connectivity index (χ1v) is 6.84. The molecular weight excluding hydrogens is 333 g/mol. The average molecular weight is 344 g/mol. The minimum atomic E-state index is -0.600. The van der Waals surface area contributed by atoms with Gasteiger partial charge in [0.2, 0.25) is 0 Å². The van der Waals surface area contributed by atoms with Crippen molar-refractivity contribution in [3.05, 3.63) is 49.6 Å². The van der Waals surface area contributed by atoms with E-state index in [0.29, 0.717) is 5.02 Å². The molecule has 0 aliphatic rings. The Bertz CT molecular complexity index is 758. The van der Waals surface area contributed by atoms with E-state index in [0.717, 1.165) is 0 Å². The molecule has 0 spiro atoms. The lowest BCUT2D eigenvalue weighted by Gasteiger charge is -2.05. The van der Waals surface area contributed by atoms with Gasteiger partial charge in [0.25, 0.3) is 0 Å². The van der Waals surface area contributed by atoms with Gasteiger partial charge in [0.05, 0.1) is 17.1 Å². The molecule has 0 saturated carbocycles. The largest absolute Gasteiger partial charge is 0.475 e. The number of rotatable bonds is 5. The highest BCUT2D eigenvalue weighted by Crippen LogP contribution is 2.29. The Kier molecular flexibility index (Phi) is 4.68. The maximum Gasteiger partial charge on any atom is 0.352 e. The monoisotopic (exact) mass is 343 g/mol. The number of nitro groups is 1. The fraction of sp³-hybridized carbons (Fsp3) is 0.231. The lowest BCUT2D eigenvalue weighted by molar-refractivity contribution is -0.386. The van der Waals surface area contributed by atoms with Crippen LogP contribution in [0.5, 0.6) is 5.88 Å². The highest BCUT2D eigenvalue weighted by atomic mass is 35.5. The van der Waals surface area contributed by atoms with Crippen molar-refractivity contribution in [2.75, 3.05) is 7.11 Å². The van der Waals surface area contributed by atoms with Gasteiger partial charge >= 0.3 is 11.6 Å². The normalized spacial score (nSPS) is 10.5. The Morgan fingerprint density at radius 3 is 2.64 bits per heavy atom. The predicted molar refractivity (Wildman–Crippen MR) is 81.0 cm³/mol. The Labute approximate surface area is 135 Å². The molecule has 0 fully saturated rings. The van der Waals surface area contributed by atoms with Gasteiger partial charge in [0.15, 0.2) is 5.78 Å². The highest BCUT2D eigenvalue weighted by Gasteiger charge is 2.27. The van der Waals surface area contributed by atoms with Crippen molar-refractivity contribution in [1.82, 2.24) is 9.78 Å². The van der Waals surface area contributed by atoms with Crippen LogP contribution in [0.25, 0.3) is 0 Å². The quantitative estimate of drug-likeness (QED) is 0.472. The fourth-order valence-corrected chi connectivity index (χ4v) is 2.46. The van der Waals surface area contributed by atoms with E-state index >= 15 is 0 Å². The summed E-state index contributed by atoms with van der Waals surface area (Å²) in [6.45, 7) is 1.29. The average Bonchev–Trinajstić information content (AvgIpc) is 2.75. The summed E-state index contributed by atoms with van der Waals surface area (Å²) < 4.78 is 6.08. The summed E-state index contributed by atoms with van der Waals surface area (Å²) in [5.41, 5.74) is 0.223. The standard InChI is InChI=1S/C13H11Cl2N3O4/c1-7-12(18(20)21)13(22-2)16-17(7)6-11(19)9-4-3-8(14)5-10(9)15/h3-5H,6H2,1-2H3. The third kappa shape index (κ3) is 3.05. The number of hydrogen-bond donors (Lipinski definition) is 0. The van der Waals surface area contributed by atoms with E-state index in [1.54, 1.807) is 6.07 Å². The Hall–Kier alpha value is -2.12. The van der Waals surface area contributed by atoms with Gasteiger partial charge in [-0.1, -0.05) is 23.2 Å². The molecule has 1 aromatic heterocycles. The first kappa shape index (κ1) is 16.3. The Morgan fingerprint density at radius 2 is 2.14 bits per heavy atom. The van der Waals surface area contributed by atoms with Crippen LogP contribution in [-0.2, 0) is 6.54 Å². The molecule has 9 heteroatoms. The van der Waals surface area contributed by atoms with Crippen LogP contribution >= 0.6 is 23.2 Å². The van der Waals surface area contributed by atoms with Crippen LogP contribution in [-0.4, -0.2) is 27.6 Å². The molecule has 0 bridgehead atoms. The predicted octanol–water partition coefficient (Wildman–Crippen LogP) is 3.30. The second kappa shape index (κ2) is 6.33. The van der Waals surface area contributed by atoms with Crippen molar-refractivity contribution < 1.29 is 14.5 Å². The van der Waals surface area contributed by atoms with Crippen LogP contribution in [0.2, 0.25) is 10.0 Å². The topological polar surface area (TPSA) is 87.3 Å². The van der Waals surface area contributed by atoms with Crippen LogP contribution in [0.4, 0.5) is 5.69 Å². The van der Waals surface area contributed by atoms with E-state index in [1.807, 2.05) is 0 Å². The summed E-state index contributed by atoms with van der Waals surface area (Å²) >= 11 is 11.8. The van der Waals surface area contributed by atoms with Gasteiger partial charge in [-0.3, -0.25) is 19.6 Å². The van der Waals surface area contributed by atoms with Gasteiger partial charge in [-0.15, -0.1) is 5.10 Å². The zero-order chi connectivity index (χ0) is 16.4. The molecule has 1 aromatic carbocycles. The Morgan fingerprint density at radius 1 is 1.45 bits per heavy atom. The maximum absolute atomic E-state index is 12.3. The number of nitrogens with zero attached hydrogens (tertiary/aromatic N) is 3. The van der Waals surface area contributed by atoms with Gasteiger partial charge < -0.3 is 4.74 Å². The number of hydrogen-bond acceptors (Lipinski definition) is 5. The molecule has 22 heavy (non-hydrogen) atoms. The lowest BCUT2D eigenvalue weighted by Crippen LogP contribution is -2.13. The zero-order valence-electron chi connectivity index (χ0n) is 11.7. The van der Waals surface area contributed by atoms with E-state index in [1.165, 1.54) is 30.8 Å². The SMILES string of the molecule is COc1nn(CC(=O)c2ccc(Cl)cc2Cl)c(C)c1[N+](=O)[O-]. The van der Waals surface area contributed by atoms with Crippen molar-refractivity contribution >= 4 is 34.7 Å². The number of aromatic nitrogens is 2. The summed E-state index contributed by atoms with van der Waals surface area (Å²) in [4.78, 5) is 22.7. The summed E-state index contributed by atoms with van der Waals surface area (Å²) in [5, 5.41) is 15.6. The summed E-state index contributed by atoms with van der Waals surface area (Å²) in [6, 6.07) is 4.49. The van der Waals surface area contributed by atoms with Crippen LogP contribution in [0.3, 0.4) is 0 Å². The van der Waals surface area contributed by atoms with Gasteiger partial charge in [-0.2, -0.15) is 0 Å². The number of carbonyl (C=O) groups is 1. The molecule has 1 heterocycles. The number of carbonyl (C=O) groups excluding carboxylic acids is 1. The maximum atomic E-state index is 12.3. The number of benzene rings is 1. The molecule has 0 aliphatic carbocycles. The second-order valence-electron chi connectivity index (χ2n) is 4.41. The smallest absolute Gasteiger partial charge is 0.352 e. The number of halogens is 2. The van der Waals surface area contributed by atoms with Crippen LogP contribution < -0.4 is 4.74 Å². The summed E-state index contributed by atoms with van der Waals surface area (Å²) in [5.74, 6) is -0.484. The van der Waals surface area contributed by atoms with Crippen molar-refractivity contribution in [3.8, 4) is 5.88 Å². The number of ketones is 1. The lowest BCUT2D eigenvalue weighted by atomic mass is 10.1. The summed E-state index contributed by atoms with van der Waals surface area (Å²) in [7, 11) is 1.27. The molecule has 0 amide bonds.